The molecule has 3 atom stereocenters. The molecule has 9 nitrogen and oxygen atoms in total. The van der Waals surface area contributed by atoms with Crippen LogP contribution in [-0.4, -0.2) is 63.1 Å². The number of hydrogen-bond donors (Lipinski definition) is 2. The topological polar surface area (TPSA) is 124 Å². The summed E-state index contributed by atoms with van der Waals surface area (Å²) in [5.41, 5.74) is 1.04. The van der Waals surface area contributed by atoms with Crippen molar-refractivity contribution >= 4 is 18.8 Å². The third kappa shape index (κ3) is 12.4. The van der Waals surface area contributed by atoms with Crippen LogP contribution in [0.5, 0.6) is 11.5 Å². The number of Topliss-reactive ketones (excluding diaryl/α,β-unsaturated/α-hetero) is 2. The van der Waals surface area contributed by atoms with E-state index in [4.69, 9.17) is 28.9 Å². The smallest absolute Gasteiger partial charge is 0.0196 e. The van der Waals surface area contributed by atoms with E-state index in [1.165, 1.54) is 0 Å². The summed E-state index contributed by atoms with van der Waals surface area (Å²) < 4.78 is 27.2. The fourth-order valence-corrected chi connectivity index (χ4v) is 4.01. The number of ketones is 2. The minimum absolute atomic E-state index is 0.111. The SMILES string of the molecule is COc1ccc(COC/C=C/C(C)(C)C(=O)CC(=O)C[C@H](O)C[C@@H](OCc2ccc(OC)cc2)[C@@H](C)OB=N)cc1. The van der Waals surface area contributed by atoms with Gasteiger partial charge in [-0.15, -0.1) is 0 Å². The second-order valence-corrected chi connectivity index (χ2v) is 10.4. The summed E-state index contributed by atoms with van der Waals surface area (Å²) in [6, 6.07) is 15.0. The first-order chi connectivity index (χ1) is 19.6. The van der Waals surface area contributed by atoms with E-state index in [1.54, 1.807) is 47.1 Å². The van der Waals surface area contributed by atoms with E-state index in [-0.39, 0.29) is 37.4 Å². The summed E-state index contributed by atoms with van der Waals surface area (Å²) in [4.78, 5) is 25.5. The van der Waals surface area contributed by atoms with Crippen LogP contribution in [0.4, 0.5) is 0 Å². The van der Waals surface area contributed by atoms with Crippen molar-refractivity contribution in [3.63, 3.8) is 0 Å². The Kier molecular flexibility index (Phi) is 14.4. The quantitative estimate of drug-likeness (QED) is 0.101. The fourth-order valence-electron chi connectivity index (χ4n) is 4.01. The summed E-state index contributed by atoms with van der Waals surface area (Å²) in [5.74, 6) is 0.911. The van der Waals surface area contributed by atoms with Gasteiger partial charge in [0.2, 0.25) is 0 Å². The Bertz CT molecular complexity index is 1120. The number of benzene rings is 2. The van der Waals surface area contributed by atoms with Gasteiger partial charge in [0.15, 0.2) is 0 Å². The zero-order valence-electron chi connectivity index (χ0n) is 24.6. The first-order valence-electron chi connectivity index (χ1n) is 13.6. The molecule has 0 aromatic heterocycles. The maximum atomic E-state index is 12.8. The zero-order valence-corrected chi connectivity index (χ0v) is 24.6. The summed E-state index contributed by atoms with van der Waals surface area (Å²) in [7, 11) is 4.03. The Balaban J connectivity index is 1.81. The average Bonchev–Trinajstić information content (AvgIpc) is 2.95. The second-order valence-electron chi connectivity index (χ2n) is 10.4. The molecule has 2 aromatic carbocycles. The third-order valence-corrected chi connectivity index (χ3v) is 6.65. The van der Waals surface area contributed by atoms with Crippen LogP contribution in [0.1, 0.15) is 51.2 Å². The van der Waals surface area contributed by atoms with Gasteiger partial charge in [-0.25, -0.2) is 0 Å². The molecule has 0 heterocycles. The van der Waals surface area contributed by atoms with Crippen molar-refractivity contribution in [2.75, 3.05) is 20.8 Å². The number of aliphatic hydroxyl groups excluding tert-OH is 1. The van der Waals surface area contributed by atoms with Crippen molar-refractivity contribution in [3.8, 4) is 11.5 Å². The van der Waals surface area contributed by atoms with Gasteiger partial charge in [0.05, 0.1) is 20.3 Å². The van der Waals surface area contributed by atoms with Gasteiger partial charge >= 0.3 is 178 Å². The number of ether oxygens (including phenoxy) is 4. The first kappa shape index (κ1) is 33.9. The molecule has 0 aliphatic carbocycles. The van der Waals surface area contributed by atoms with E-state index in [9.17, 15) is 14.7 Å². The summed E-state index contributed by atoms with van der Waals surface area (Å²) in [6.45, 7) is 6.23. The van der Waals surface area contributed by atoms with Crippen molar-refractivity contribution in [1.82, 2.24) is 0 Å². The summed E-state index contributed by atoms with van der Waals surface area (Å²) in [5, 5.41) is 17.9. The molecule has 0 amide bonds. The van der Waals surface area contributed by atoms with Crippen molar-refractivity contribution < 1.29 is 38.3 Å². The summed E-state index contributed by atoms with van der Waals surface area (Å²) in [6.07, 6.45) is 1.03. The molecule has 2 aromatic rings. The molecule has 0 spiro atoms. The molecule has 0 saturated carbocycles. The Morgan fingerprint density at radius 3 is 2.07 bits per heavy atom. The van der Waals surface area contributed by atoms with Gasteiger partial charge in [0.25, 0.3) is 0 Å². The molecule has 0 unspecified atom stereocenters. The average molecular weight is 567 g/mol. The van der Waals surface area contributed by atoms with E-state index >= 15 is 0 Å². The van der Waals surface area contributed by atoms with E-state index < -0.39 is 23.7 Å². The van der Waals surface area contributed by atoms with E-state index in [2.05, 4.69) is 0 Å². The van der Waals surface area contributed by atoms with Gasteiger partial charge < -0.3 is 9.47 Å². The number of carbonyl (C=O) groups is 2. The largest absolute Gasteiger partial charge is 0.0530 e. The molecule has 222 valence electrons. The Morgan fingerprint density at radius 2 is 1.54 bits per heavy atom. The van der Waals surface area contributed by atoms with Gasteiger partial charge in [-0.3, -0.25) is 0 Å². The van der Waals surface area contributed by atoms with Gasteiger partial charge in [0, 0.05) is 0 Å². The molecule has 2 rings (SSSR count). The molecular formula is C31H42BNO8. The predicted molar refractivity (Wildman–Crippen MR) is 156 cm³/mol. The molecule has 10 heteroatoms. The van der Waals surface area contributed by atoms with Gasteiger partial charge in [-0.1, -0.05) is 12.1 Å². The number of aliphatic hydroxyl groups is 1. The monoisotopic (exact) mass is 567 g/mol. The molecular weight excluding hydrogens is 525 g/mol. The standard InChI is InChI=1S/C31H42BNO8/c1-22(41-32-33)29(40-21-24-9-13-28(38-5)14-10-24)18-25(34)17-26(35)19-30(36)31(2,3)15-6-16-39-20-23-7-11-27(37-4)12-8-23/h6-15,22,25,29,33-34H,16-21H2,1-5H3/b15-6+/t22-,25+,29-/m1/s1. The van der Waals surface area contributed by atoms with Crippen LogP contribution in [0.25, 0.3) is 0 Å². The van der Waals surface area contributed by atoms with Crippen LogP contribution < -0.4 is 9.47 Å². The molecule has 0 aliphatic heterocycles. The van der Waals surface area contributed by atoms with Crippen LogP contribution in [0.2, 0.25) is 0 Å². The molecule has 0 radical (unpaired) electrons. The number of hydrogen-bond acceptors (Lipinski definition) is 9. The third-order valence-electron chi connectivity index (χ3n) is 6.65. The van der Waals surface area contributed by atoms with Crippen LogP contribution >= 0.6 is 0 Å². The molecule has 2 N–H and O–H groups in total. The number of allylic oxidation sites excluding steroid dienone is 1. The Hall–Kier alpha value is -3.34. The van der Waals surface area contributed by atoms with E-state index in [0.29, 0.717) is 13.2 Å². The minimum atomic E-state index is -1.03. The van der Waals surface area contributed by atoms with E-state index in [0.717, 1.165) is 29.9 Å². The Labute approximate surface area is 243 Å². The van der Waals surface area contributed by atoms with Crippen LogP contribution in [0.3, 0.4) is 0 Å². The normalized spacial score (nSPS) is 13.7. The molecule has 0 bridgehead atoms. The molecule has 41 heavy (non-hydrogen) atoms. The predicted octanol–water partition coefficient (Wildman–Crippen LogP) is 4.84. The number of nitrogens with one attached hydrogen (secondary N) is 1. The molecule has 0 aliphatic rings. The van der Waals surface area contributed by atoms with Gasteiger partial charge in [0.1, 0.15) is 5.75 Å². The van der Waals surface area contributed by atoms with Crippen molar-refractivity contribution in [3.05, 3.63) is 71.8 Å². The Morgan fingerprint density at radius 1 is 0.976 bits per heavy atom. The summed E-state index contributed by atoms with van der Waals surface area (Å²) >= 11 is 0. The minimum Gasteiger partial charge on any atom is -0.0530 e. The molecule has 0 fully saturated rings. The number of carbonyl (C=O) groups excluding carboxylic acids is 2. The zero-order chi connectivity index (χ0) is 30.3. The first-order valence-corrected chi connectivity index (χ1v) is 13.6. The van der Waals surface area contributed by atoms with Crippen LogP contribution in [0, 0.1) is 10.7 Å². The molecule has 0 saturated heterocycles. The second kappa shape index (κ2) is 17.5. The van der Waals surface area contributed by atoms with E-state index in [1.807, 2.05) is 48.5 Å². The van der Waals surface area contributed by atoms with Crippen LogP contribution in [0.15, 0.2) is 60.7 Å². The fraction of sp³-hybridized carbons (Fsp3) is 0.484. The maximum Gasteiger partial charge on any atom is -0.0196 e. The van der Waals surface area contributed by atoms with Crippen molar-refractivity contribution in [2.45, 2.75) is 71.6 Å². The van der Waals surface area contributed by atoms with Gasteiger partial charge in [-0.2, -0.15) is 0 Å². The van der Waals surface area contributed by atoms with Crippen molar-refractivity contribution in [1.29, 1.82) is 5.31 Å². The number of methoxy groups -OCH3 is 2. The van der Waals surface area contributed by atoms with Crippen LogP contribution in [-0.2, 0) is 36.9 Å². The maximum absolute atomic E-state index is 12.8. The number of rotatable bonds is 20. The van der Waals surface area contributed by atoms with Crippen molar-refractivity contribution in [2.24, 2.45) is 5.41 Å². The van der Waals surface area contributed by atoms with Gasteiger partial charge in [-0.05, 0) is 17.7 Å².